The molecule has 2 rings (SSSR count). The van der Waals surface area contributed by atoms with Crippen LogP contribution in [0.5, 0.6) is 0 Å². The highest BCUT2D eigenvalue weighted by atomic mass is 19.1. The summed E-state index contributed by atoms with van der Waals surface area (Å²) < 4.78 is 13.1. The van der Waals surface area contributed by atoms with Gasteiger partial charge in [0.25, 0.3) is 0 Å². The number of carbonyl (C=O) groups is 1. The highest BCUT2D eigenvalue weighted by Gasteiger charge is 2.21. The van der Waals surface area contributed by atoms with Gasteiger partial charge in [0.15, 0.2) is 0 Å². The molecule has 0 unspecified atom stereocenters. The standard InChI is InChI=1S/C15H21FN2O/c1-11-7-14(16)5-4-13(11)10-18-6-2-3-12(9-18)8-15(17)19/h4-5,7,12H,2-3,6,8-10H2,1H3,(H2,17,19)/t12-/m0/s1. The first-order chi connectivity index (χ1) is 9.04. The predicted molar refractivity (Wildman–Crippen MR) is 72.9 cm³/mol. The summed E-state index contributed by atoms with van der Waals surface area (Å²) in [6.07, 6.45) is 2.64. The van der Waals surface area contributed by atoms with Gasteiger partial charge in [-0.25, -0.2) is 4.39 Å². The maximum absolute atomic E-state index is 13.1. The average molecular weight is 264 g/mol. The molecule has 1 heterocycles. The van der Waals surface area contributed by atoms with Gasteiger partial charge in [0.2, 0.25) is 5.91 Å². The lowest BCUT2D eigenvalue weighted by Gasteiger charge is -2.32. The van der Waals surface area contributed by atoms with Gasteiger partial charge in [-0.3, -0.25) is 9.69 Å². The van der Waals surface area contributed by atoms with Crippen molar-refractivity contribution >= 4 is 5.91 Å². The first kappa shape index (κ1) is 14.0. The first-order valence-electron chi connectivity index (χ1n) is 6.80. The molecule has 19 heavy (non-hydrogen) atoms. The van der Waals surface area contributed by atoms with Crippen LogP contribution < -0.4 is 5.73 Å². The Kier molecular flexibility index (Phi) is 4.53. The average Bonchev–Trinajstić information content (AvgIpc) is 2.32. The lowest BCUT2D eigenvalue weighted by molar-refractivity contribution is -0.119. The molecule has 0 aliphatic carbocycles. The van der Waals surface area contributed by atoms with E-state index in [4.69, 9.17) is 5.73 Å². The first-order valence-corrected chi connectivity index (χ1v) is 6.80. The van der Waals surface area contributed by atoms with Crippen LogP contribution in [0.15, 0.2) is 18.2 Å². The van der Waals surface area contributed by atoms with Crippen LogP contribution in [0.3, 0.4) is 0 Å². The Bertz CT molecular complexity index is 461. The number of carbonyl (C=O) groups excluding carboxylic acids is 1. The number of nitrogens with two attached hydrogens (primary N) is 1. The van der Waals surface area contributed by atoms with Crippen molar-refractivity contribution in [3.63, 3.8) is 0 Å². The molecule has 2 N–H and O–H groups in total. The quantitative estimate of drug-likeness (QED) is 0.906. The molecule has 1 atom stereocenters. The van der Waals surface area contributed by atoms with Crippen LogP contribution in [0.25, 0.3) is 0 Å². The topological polar surface area (TPSA) is 46.3 Å². The van der Waals surface area contributed by atoms with Gasteiger partial charge in [0.05, 0.1) is 0 Å². The van der Waals surface area contributed by atoms with Crippen molar-refractivity contribution in [3.8, 4) is 0 Å². The van der Waals surface area contributed by atoms with Crippen LogP contribution in [0, 0.1) is 18.7 Å². The maximum Gasteiger partial charge on any atom is 0.217 e. The summed E-state index contributed by atoms with van der Waals surface area (Å²) in [6, 6.07) is 4.93. The summed E-state index contributed by atoms with van der Waals surface area (Å²) in [5.74, 6) is -0.0386. The Morgan fingerprint density at radius 3 is 3.00 bits per heavy atom. The Morgan fingerprint density at radius 2 is 2.32 bits per heavy atom. The lowest BCUT2D eigenvalue weighted by atomic mass is 9.94. The molecule has 4 heteroatoms. The molecule has 1 aromatic carbocycles. The van der Waals surface area contributed by atoms with E-state index in [0.29, 0.717) is 12.3 Å². The van der Waals surface area contributed by atoms with Gasteiger partial charge in [-0.05, 0) is 55.5 Å². The number of primary amides is 1. The van der Waals surface area contributed by atoms with Crippen LogP contribution in [0.4, 0.5) is 4.39 Å². The molecule has 3 nitrogen and oxygen atoms in total. The molecular formula is C15H21FN2O. The molecule has 1 saturated heterocycles. The Hall–Kier alpha value is -1.42. The minimum Gasteiger partial charge on any atom is -0.370 e. The zero-order valence-electron chi connectivity index (χ0n) is 11.4. The van der Waals surface area contributed by atoms with Crippen molar-refractivity contribution < 1.29 is 9.18 Å². The fraction of sp³-hybridized carbons (Fsp3) is 0.533. The number of hydrogen-bond acceptors (Lipinski definition) is 2. The van der Waals surface area contributed by atoms with Crippen molar-refractivity contribution in [2.75, 3.05) is 13.1 Å². The molecule has 1 aromatic rings. The second-order valence-electron chi connectivity index (χ2n) is 5.48. The van der Waals surface area contributed by atoms with E-state index in [9.17, 15) is 9.18 Å². The molecule has 0 spiro atoms. The van der Waals surface area contributed by atoms with E-state index in [1.165, 1.54) is 6.07 Å². The molecule has 0 aromatic heterocycles. The molecule has 1 amide bonds. The minimum absolute atomic E-state index is 0.188. The summed E-state index contributed by atoms with van der Waals surface area (Å²) in [5.41, 5.74) is 7.40. The SMILES string of the molecule is Cc1cc(F)ccc1CN1CCC[C@@H](CC(N)=O)C1. The maximum atomic E-state index is 13.1. The predicted octanol–water partition coefficient (Wildman–Crippen LogP) is 2.22. The zero-order valence-corrected chi connectivity index (χ0v) is 11.4. The van der Waals surface area contributed by atoms with E-state index in [0.717, 1.165) is 43.6 Å². The van der Waals surface area contributed by atoms with E-state index in [1.54, 1.807) is 6.07 Å². The van der Waals surface area contributed by atoms with Gasteiger partial charge in [0.1, 0.15) is 5.82 Å². The number of aryl methyl sites for hydroxylation is 1. The van der Waals surface area contributed by atoms with Crippen LogP contribution in [0.1, 0.15) is 30.4 Å². The van der Waals surface area contributed by atoms with Crippen LogP contribution in [-0.4, -0.2) is 23.9 Å². The lowest BCUT2D eigenvalue weighted by Crippen LogP contribution is -2.36. The number of benzene rings is 1. The van der Waals surface area contributed by atoms with Crippen molar-refractivity contribution in [2.24, 2.45) is 11.7 Å². The fourth-order valence-electron chi connectivity index (χ4n) is 2.82. The monoisotopic (exact) mass is 264 g/mol. The summed E-state index contributed by atoms with van der Waals surface area (Å²) in [4.78, 5) is 13.3. The Balaban J connectivity index is 1.96. The van der Waals surface area contributed by atoms with E-state index < -0.39 is 0 Å². The third kappa shape index (κ3) is 4.03. The molecule has 1 aliphatic rings. The van der Waals surface area contributed by atoms with Crippen molar-refractivity contribution in [3.05, 3.63) is 35.1 Å². The normalized spacial score (nSPS) is 20.4. The van der Waals surface area contributed by atoms with Gasteiger partial charge < -0.3 is 5.73 Å². The third-order valence-corrected chi connectivity index (χ3v) is 3.79. The molecule has 0 saturated carbocycles. The summed E-state index contributed by atoms with van der Waals surface area (Å²) >= 11 is 0. The molecule has 1 aliphatic heterocycles. The number of piperidine rings is 1. The van der Waals surface area contributed by atoms with Crippen molar-refractivity contribution in [1.29, 1.82) is 0 Å². The third-order valence-electron chi connectivity index (χ3n) is 3.79. The zero-order chi connectivity index (χ0) is 13.8. The summed E-state index contributed by atoms with van der Waals surface area (Å²) in [5, 5.41) is 0. The number of likely N-dealkylation sites (tertiary alicyclic amines) is 1. The van der Waals surface area contributed by atoms with Gasteiger partial charge in [-0.2, -0.15) is 0 Å². The number of nitrogens with zero attached hydrogens (tertiary/aromatic N) is 1. The Labute approximate surface area is 113 Å². The number of hydrogen-bond donors (Lipinski definition) is 1. The van der Waals surface area contributed by atoms with Gasteiger partial charge in [-0.15, -0.1) is 0 Å². The molecule has 1 fully saturated rings. The van der Waals surface area contributed by atoms with Crippen molar-refractivity contribution in [1.82, 2.24) is 4.90 Å². The van der Waals surface area contributed by atoms with Crippen LogP contribution >= 0.6 is 0 Å². The second-order valence-corrected chi connectivity index (χ2v) is 5.48. The van der Waals surface area contributed by atoms with Crippen molar-refractivity contribution in [2.45, 2.75) is 32.7 Å². The number of rotatable bonds is 4. The molecular weight excluding hydrogens is 243 g/mol. The number of halogens is 1. The summed E-state index contributed by atoms with van der Waals surface area (Å²) in [6.45, 7) is 4.69. The highest BCUT2D eigenvalue weighted by molar-refractivity contribution is 5.74. The van der Waals surface area contributed by atoms with E-state index in [-0.39, 0.29) is 11.7 Å². The van der Waals surface area contributed by atoms with E-state index in [1.807, 2.05) is 13.0 Å². The van der Waals surface area contributed by atoms with Gasteiger partial charge >= 0.3 is 0 Å². The minimum atomic E-state index is -0.218. The number of amides is 1. The molecule has 0 bridgehead atoms. The smallest absolute Gasteiger partial charge is 0.217 e. The van der Waals surface area contributed by atoms with Crippen LogP contribution in [0.2, 0.25) is 0 Å². The molecule has 0 radical (unpaired) electrons. The van der Waals surface area contributed by atoms with Gasteiger partial charge in [0, 0.05) is 19.5 Å². The summed E-state index contributed by atoms with van der Waals surface area (Å²) in [7, 11) is 0. The van der Waals surface area contributed by atoms with Gasteiger partial charge in [-0.1, -0.05) is 6.07 Å². The van der Waals surface area contributed by atoms with Crippen LogP contribution in [-0.2, 0) is 11.3 Å². The molecule has 104 valence electrons. The Morgan fingerprint density at radius 1 is 1.53 bits per heavy atom. The fourth-order valence-corrected chi connectivity index (χ4v) is 2.82. The van der Waals surface area contributed by atoms with E-state index in [2.05, 4.69) is 4.90 Å². The highest BCUT2D eigenvalue weighted by Crippen LogP contribution is 2.22. The largest absolute Gasteiger partial charge is 0.370 e. The van der Waals surface area contributed by atoms with E-state index >= 15 is 0 Å². The second kappa shape index (κ2) is 6.15.